The molecule has 6 heteroatoms. The lowest BCUT2D eigenvalue weighted by molar-refractivity contribution is 0.0998. The van der Waals surface area contributed by atoms with Crippen LogP contribution in [0.25, 0.3) is 11.0 Å². The fourth-order valence-corrected chi connectivity index (χ4v) is 2.81. The summed E-state index contributed by atoms with van der Waals surface area (Å²) in [6.45, 7) is 1.62. The lowest BCUT2D eigenvalue weighted by atomic mass is 10.1. The molecular weight excluding hydrogens is 330 g/mol. The van der Waals surface area contributed by atoms with Crippen molar-refractivity contribution in [2.75, 3.05) is 12.4 Å². The third-order valence-corrected chi connectivity index (χ3v) is 4.13. The van der Waals surface area contributed by atoms with Gasteiger partial charge in [-0.05, 0) is 31.2 Å². The second kappa shape index (κ2) is 6.55. The molecule has 0 bridgehead atoms. The molecule has 0 spiro atoms. The van der Waals surface area contributed by atoms with E-state index in [1.807, 2.05) is 19.1 Å². The first-order chi connectivity index (χ1) is 11.5. The van der Waals surface area contributed by atoms with Crippen molar-refractivity contribution in [2.24, 2.45) is 0 Å². The average molecular weight is 346 g/mol. The standard InChI is InChI=1S/C18H16ClNO4/c1-10-13-4-3-5-14(19)17(13)24-16(10)18(22)20-12-6-7-15(23-2)11(8-12)9-21/h3-8,21H,9H2,1-2H3,(H,20,22). The van der Waals surface area contributed by atoms with E-state index in [9.17, 15) is 9.90 Å². The van der Waals surface area contributed by atoms with Gasteiger partial charge in [0.1, 0.15) is 5.75 Å². The zero-order chi connectivity index (χ0) is 17.3. The van der Waals surface area contributed by atoms with Crippen molar-refractivity contribution in [3.63, 3.8) is 0 Å². The number of amides is 1. The zero-order valence-corrected chi connectivity index (χ0v) is 14.0. The van der Waals surface area contributed by atoms with E-state index in [1.165, 1.54) is 7.11 Å². The van der Waals surface area contributed by atoms with Crippen LogP contribution in [0.5, 0.6) is 5.75 Å². The first-order valence-electron chi connectivity index (χ1n) is 7.32. The minimum Gasteiger partial charge on any atom is -0.496 e. The van der Waals surface area contributed by atoms with Gasteiger partial charge in [-0.1, -0.05) is 23.7 Å². The lowest BCUT2D eigenvalue weighted by Gasteiger charge is -2.09. The average Bonchev–Trinajstić information content (AvgIpc) is 2.93. The van der Waals surface area contributed by atoms with Gasteiger partial charge in [0.2, 0.25) is 0 Å². The van der Waals surface area contributed by atoms with Crippen LogP contribution < -0.4 is 10.1 Å². The number of methoxy groups -OCH3 is 1. The van der Waals surface area contributed by atoms with Gasteiger partial charge in [-0.25, -0.2) is 0 Å². The molecule has 0 fully saturated rings. The van der Waals surface area contributed by atoms with Crippen LogP contribution in [-0.4, -0.2) is 18.1 Å². The Labute approximate surface area is 143 Å². The molecule has 2 N–H and O–H groups in total. The molecule has 0 aliphatic carbocycles. The number of anilines is 1. The number of hydrogen-bond donors (Lipinski definition) is 2. The summed E-state index contributed by atoms with van der Waals surface area (Å²) in [7, 11) is 1.52. The summed E-state index contributed by atoms with van der Waals surface area (Å²) in [6, 6.07) is 10.4. The van der Waals surface area contributed by atoms with E-state index in [-0.39, 0.29) is 18.3 Å². The molecule has 1 heterocycles. The summed E-state index contributed by atoms with van der Waals surface area (Å²) >= 11 is 6.11. The van der Waals surface area contributed by atoms with Crippen molar-refractivity contribution in [3.8, 4) is 5.75 Å². The molecule has 5 nitrogen and oxygen atoms in total. The molecule has 2 aromatic carbocycles. The number of aliphatic hydroxyl groups excluding tert-OH is 1. The topological polar surface area (TPSA) is 71.7 Å². The van der Waals surface area contributed by atoms with Crippen LogP contribution >= 0.6 is 11.6 Å². The molecular formula is C18H16ClNO4. The number of hydrogen-bond acceptors (Lipinski definition) is 4. The van der Waals surface area contributed by atoms with Gasteiger partial charge in [-0.3, -0.25) is 4.79 Å². The summed E-state index contributed by atoms with van der Waals surface area (Å²) < 4.78 is 10.8. The minimum absolute atomic E-state index is 0.188. The Balaban J connectivity index is 1.93. The Morgan fingerprint density at radius 1 is 1.33 bits per heavy atom. The van der Waals surface area contributed by atoms with Crippen LogP contribution in [0.15, 0.2) is 40.8 Å². The number of rotatable bonds is 4. The predicted octanol–water partition coefficient (Wildman–Crippen LogP) is 4.15. The Hall–Kier alpha value is -2.50. The van der Waals surface area contributed by atoms with E-state index in [0.29, 0.717) is 27.6 Å². The fraction of sp³-hybridized carbons (Fsp3) is 0.167. The van der Waals surface area contributed by atoms with Crippen LogP contribution in [-0.2, 0) is 6.61 Å². The molecule has 3 rings (SSSR count). The first kappa shape index (κ1) is 16.4. The van der Waals surface area contributed by atoms with Crippen LogP contribution in [0.3, 0.4) is 0 Å². The number of aliphatic hydroxyl groups is 1. The quantitative estimate of drug-likeness (QED) is 0.745. The number of halogens is 1. The first-order valence-corrected chi connectivity index (χ1v) is 7.69. The number of aryl methyl sites for hydroxylation is 1. The molecule has 0 saturated heterocycles. The molecule has 0 aliphatic heterocycles. The number of furan rings is 1. The number of para-hydroxylation sites is 1. The normalized spacial score (nSPS) is 10.8. The van der Waals surface area contributed by atoms with E-state index in [4.69, 9.17) is 20.8 Å². The van der Waals surface area contributed by atoms with Crippen molar-refractivity contribution < 1.29 is 19.1 Å². The van der Waals surface area contributed by atoms with Crippen molar-refractivity contribution in [2.45, 2.75) is 13.5 Å². The second-order valence-electron chi connectivity index (χ2n) is 5.31. The molecule has 0 aliphatic rings. The van der Waals surface area contributed by atoms with E-state index < -0.39 is 0 Å². The Morgan fingerprint density at radius 3 is 2.79 bits per heavy atom. The highest BCUT2D eigenvalue weighted by Gasteiger charge is 2.19. The summed E-state index contributed by atoms with van der Waals surface area (Å²) in [5.74, 6) is 0.385. The van der Waals surface area contributed by atoms with E-state index in [0.717, 1.165) is 10.9 Å². The Morgan fingerprint density at radius 2 is 2.12 bits per heavy atom. The number of carbonyl (C=O) groups excluding carboxylic acids is 1. The number of carbonyl (C=O) groups is 1. The van der Waals surface area contributed by atoms with Crippen LogP contribution in [0.4, 0.5) is 5.69 Å². The van der Waals surface area contributed by atoms with Gasteiger partial charge >= 0.3 is 0 Å². The van der Waals surface area contributed by atoms with Gasteiger partial charge in [0, 0.05) is 22.2 Å². The van der Waals surface area contributed by atoms with Gasteiger partial charge in [0.15, 0.2) is 11.3 Å². The molecule has 24 heavy (non-hydrogen) atoms. The molecule has 3 aromatic rings. The maximum absolute atomic E-state index is 12.5. The van der Waals surface area contributed by atoms with Crippen LogP contribution in [0, 0.1) is 6.92 Å². The maximum atomic E-state index is 12.5. The van der Waals surface area contributed by atoms with E-state index in [2.05, 4.69) is 5.32 Å². The molecule has 124 valence electrons. The third-order valence-electron chi connectivity index (χ3n) is 3.83. The highest BCUT2D eigenvalue weighted by atomic mass is 35.5. The van der Waals surface area contributed by atoms with Crippen molar-refractivity contribution >= 4 is 34.2 Å². The largest absolute Gasteiger partial charge is 0.496 e. The highest BCUT2D eigenvalue weighted by molar-refractivity contribution is 6.35. The van der Waals surface area contributed by atoms with E-state index >= 15 is 0 Å². The monoisotopic (exact) mass is 345 g/mol. The minimum atomic E-state index is -0.381. The van der Waals surface area contributed by atoms with Gasteiger partial charge in [-0.2, -0.15) is 0 Å². The summed E-state index contributed by atoms with van der Waals surface area (Å²) in [5.41, 5.74) is 2.34. The molecule has 0 saturated carbocycles. The van der Waals surface area contributed by atoms with Crippen LogP contribution in [0.2, 0.25) is 5.02 Å². The van der Waals surface area contributed by atoms with Gasteiger partial charge in [0.05, 0.1) is 18.7 Å². The predicted molar refractivity (Wildman–Crippen MR) is 92.8 cm³/mol. The molecule has 0 atom stereocenters. The van der Waals surface area contributed by atoms with Crippen molar-refractivity contribution in [1.82, 2.24) is 0 Å². The van der Waals surface area contributed by atoms with Gasteiger partial charge in [0.25, 0.3) is 5.91 Å². The molecule has 1 amide bonds. The summed E-state index contributed by atoms with van der Waals surface area (Å²) in [4.78, 5) is 12.5. The smallest absolute Gasteiger partial charge is 0.291 e. The van der Waals surface area contributed by atoms with E-state index in [1.54, 1.807) is 24.3 Å². The lowest BCUT2D eigenvalue weighted by Crippen LogP contribution is -2.12. The second-order valence-corrected chi connectivity index (χ2v) is 5.72. The Kier molecular flexibility index (Phi) is 4.46. The van der Waals surface area contributed by atoms with Crippen molar-refractivity contribution in [3.05, 3.63) is 58.3 Å². The van der Waals surface area contributed by atoms with Crippen molar-refractivity contribution in [1.29, 1.82) is 0 Å². The number of ether oxygens (including phenoxy) is 1. The maximum Gasteiger partial charge on any atom is 0.291 e. The SMILES string of the molecule is COc1ccc(NC(=O)c2oc3c(Cl)cccc3c2C)cc1CO. The third kappa shape index (κ3) is 2.84. The molecule has 1 aromatic heterocycles. The molecule has 0 radical (unpaired) electrons. The number of benzene rings is 2. The van der Waals surface area contributed by atoms with Gasteiger partial charge < -0.3 is 19.6 Å². The number of fused-ring (bicyclic) bond motifs is 1. The summed E-state index contributed by atoms with van der Waals surface area (Å²) in [6.07, 6.45) is 0. The van der Waals surface area contributed by atoms with Gasteiger partial charge in [-0.15, -0.1) is 0 Å². The molecule has 0 unspecified atom stereocenters. The zero-order valence-electron chi connectivity index (χ0n) is 13.2. The highest BCUT2D eigenvalue weighted by Crippen LogP contribution is 2.31. The number of nitrogens with one attached hydrogen (secondary N) is 1. The fourth-order valence-electron chi connectivity index (χ4n) is 2.59. The summed E-state index contributed by atoms with van der Waals surface area (Å²) in [5, 5.41) is 13.4. The Bertz CT molecular complexity index is 917. The van der Waals surface area contributed by atoms with Crippen LogP contribution in [0.1, 0.15) is 21.7 Å².